The van der Waals surface area contributed by atoms with Crippen LogP contribution in [-0.4, -0.2) is 35.0 Å². The molecule has 0 fully saturated rings. The van der Waals surface area contributed by atoms with Crippen LogP contribution in [0.3, 0.4) is 0 Å². The van der Waals surface area contributed by atoms with Crippen molar-refractivity contribution in [2.24, 2.45) is 0 Å². The fourth-order valence-corrected chi connectivity index (χ4v) is 2.87. The largest absolute Gasteiger partial charge is 0.334 e. The van der Waals surface area contributed by atoms with Gasteiger partial charge in [-0.15, -0.1) is 0 Å². The highest BCUT2D eigenvalue weighted by Crippen LogP contribution is 2.12. The summed E-state index contributed by atoms with van der Waals surface area (Å²) in [4.78, 5) is 15.0. The zero-order valence-corrected chi connectivity index (χ0v) is 15.7. The molecular formula is C19H25N3O2S. The summed E-state index contributed by atoms with van der Waals surface area (Å²) in [5.41, 5.74) is 2.96. The lowest BCUT2D eigenvalue weighted by molar-refractivity contribution is 0.251. The predicted octanol–water partition coefficient (Wildman–Crippen LogP) is 3.20. The Kier molecular flexibility index (Phi) is 7.16. The Hall–Kier alpha value is -2.18. The van der Waals surface area contributed by atoms with E-state index in [1.165, 1.54) is 5.56 Å². The fourth-order valence-electron chi connectivity index (χ4n) is 2.35. The van der Waals surface area contributed by atoms with Crippen molar-refractivity contribution in [2.45, 2.75) is 24.9 Å². The van der Waals surface area contributed by atoms with Crippen molar-refractivity contribution < 1.29 is 9.00 Å². The van der Waals surface area contributed by atoms with Crippen molar-refractivity contribution in [1.29, 1.82) is 0 Å². The molecule has 0 aliphatic rings. The summed E-state index contributed by atoms with van der Waals surface area (Å²) in [6, 6.07) is 14.9. The van der Waals surface area contributed by atoms with E-state index in [2.05, 4.69) is 41.6 Å². The summed E-state index contributed by atoms with van der Waals surface area (Å²) in [5, 5.41) is 5.63. The molecule has 2 aromatic carbocycles. The number of benzene rings is 2. The molecule has 0 heterocycles. The number of nitrogens with zero attached hydrogens (tertiary/aromatic N) is 1. The number of anilines is 1. The molecule has 0 spiro atoms. The van der Waals surface area contributed by atoms with Gasteiger partial charge >= 0.3 is 6.03 Å². The van der Waals surface area contributed by atoms with Crippen molar-refractivity contribution in [3.63, 3.8) is 0 Å². The minimum absolute atomic E-state index is 0.263. The Labute approximate surface area is 151 Å². The molecule has 6 heteroatoms. The zero-order valence-electron chi connectivity index (χ0n) is 14.9. The second kappa shape index (κ2) is 9.34. The van der Waals surface area contributed by atoms with Gasteiger partial charge in [0, 0.05) is 40.7 Å². The smallest absolute Gasteiger partial charge is 0.319 e. The molecule has 0 aromatic heterocycles. The molecular weight excluding hydrogens is 334 g/mol. The number of carbonyl (C=O) groups excluding carboxylic acids is 1. The summed E-state index contributed by atoms with van der Waals surface area (Å²) in [7, 11) is 1.06. The van der Waals surface area contributed by atoms with Gasteiger partial charge in [0.1, 0.15) is 0 Å². The quantitative estimate of drug-likeness (QED) is 0.798. The van der Waals surface area contributed by atoms with Gasteiger partial charge in [-0.1, -0.05) is 31.2 Å². The highest BCUT2D eigenvalue weighted by atomic mass is 32.2. The lowest BCUT2D eigenvalue weighted by Gasteiger charge is -2.14. The molecule has 5 nitrogen and oxygen atoms in total. The monoisotopic (exact) mass is 359 g/mol. The van der Waals surface area contributed by atoms with E-state index >= 15 is 0 Å². The number of hydrogen-bond acceptors (Lipinski definition) is 3. The van der Waals surface area contributed by atoms with Gasteiger partial charge in [-0.25, -0.2) is 4.79 Å². The van der Waals surface area contributed by atoms with E-state index in [9.17, 15) is 9.00 Å². The number of hydrogen-bond donors (Lipinski definition) is 2. The van der Waals surface area contributed by atoms with E-state index in [0.29, 0.717) is 12.2 Å². The predicted molar refractivity (Wildman–Crippen MR) is 103 cm³/mol. The molecule has 0 unspecified atom stereocenters. The Bertz CT molecular complexity index is 732. The maximum absolute atomic E-state index is 12.0. The Morgan fingerprint density at radius 1 is 1.12 bits per heavy atom. The third kappa shape index (κ3) is 6.32. The third-order valence-corrected chi connectivity index (χ3v) is 4.82. The molecule has 0 saturated heterocycles. The summed E-state index contributed by atoms with van der Waals surface area (Å²) < 4.78 is 11.4. The molecule has 0 aliphatic carbocycles. The van der Waals surface area contributed by atoms with Crippen molar-refractivity contribution in [2.75, 3.05) is 25.2 Å². The van der Waals surface area contributed by atoms with Crippen LogP contribution >= 0.6 is 0 Å². The number of rotatable bonds is 7. The Morgan fingerprint density at radius 3 is 2.44 bits per heavy atom. The number of carbonyl (C=O) groups is 1. The molecule has 134 valence electrons. The fraction of sp³-hybridized carbons (Fsp3) is 0.316. The first-order valence-electron chi connectivity index (χ1n) is 8.22. The van der Waals surface area contributed by atoms with Crippen LogP contribution in [0.2, 0.25) is 0 Å². The van der Waals surface area contributed by atoms with Crippen molar-refractivity contribution in [3.05, 3.63) is 59.7 Å². The maximum Gasteiger partial charge on any atom is 0.319 e. The van der Waals surface area contributed by atoms with Gasteiger partial charge in [-0.2, -0.15) is 0 Å². The molecule has 0 aliphatic heterocycles. The van der Waals surface area contributed by atoms with E-state index < -0.39 is 10.8 Å². The third-order valence-electron chi connectivity index (χ3n) is 3.88. The molecule has 0 saturated carbocycles. The SMILES string of the molecule is CCN(C)Cc1cccc(CNC(=O)Nc2ccc([S@](C)=O)cc2)c1. The minimum atomic E-state index is -1.02. The van der Waals surface area contributed by atoms with Crippen LogP contribution in [0, 0.1) is 0 Å². The topological polar surface area (TPSA) is 61.4 Å². The molecule has 25 heavy (non-hydrogen) atoms. The van der Waals surface area contributed by atoms with Crippen LogP contribution in [0.1, 0.15) is 18.1 Å². The van der Waals surface area contributed by atoms with Gasteiger partial charge < -0.3 is 15.5 Å². The number of amides is 2. The lowest BCUT2D eigenvalue weighted by Crippen LogP contribution is -2.28. The molecule has 1 atom stereocenters. The van der Waals surface area contributed by atoms with Crippen LogP contribution in [0.5, 0.6) is 0 Å². The first kappa shape index (κ1) is 19.1. The first-order valence-corrected chi connectivity index (χ1v) is 9.78. The first-order chi connectivity index (χ1) is 12.0. The van der Waals surface area contributed by atoms with Gasteiger partial charge in [0.25, 0.3) is 0 Å². The standard InChI is InChI=1S/C19H25N3O2S/c1-4-22(2)14-16-7-5-6-15(12-16)13-20-19(23)21-17-8-10-18(11-9-17)25(3)24/h5-12H,4,13-14H2,1-3H3,(H2,20,21,23)/t25-/m0/s1. The van der Waals surface area contributed by atoms with E-state index in [0.717, 1.165) is 23.5 Å². The molecule has 2 amide bonds. The van der Waals surface area contributed by atoms with Gasteiger partial charge in [0.05, 0.1) is 0 Å². The normalized spacial score (nSPS) is 12.0. The van der Waals surface area contributed by atoms with Crippen molar-refractivity contribution in [1.82, 2.24) is 10.2 Å². The van der Waals surface area contributed by atoms with E-state index in [1.807, 2.05) is 12.1 Å². The van der Waals surface area contributed by atoms with Crippen LogP contribution < -0.4 is 10.6 Å². The van der Waals surface area contributed by atoms with Gasteiger partial charge in [0.15, 0.2) is 0 Å². The molecule has 0 bridgehead atoms. The summed E-state index contributed by atoms with van der Waals surface area (Å²) in [5.74, 6) is 0. The van der Waals surface area contributed by atoms with E-state index in [-0.39, 0.29) is 6.03 Å². The maximum atomic E-state index is 12.0. The van der Waals surface area contributed by atoms with Crippen molar-refractivity contribution >= 4 is 22.5 Å². The molecule has 2 N–H and O–H groups in total. The average molecular weight is 359 g/mol. The summed E-state index contributed by atoms with van der Waals surface area (Å²) in [6.45, 7) is 4.48. The zero-order chi connectivity index (χ0) is 18.2. The van der Waals surface area contributed by atoms with Crippen LogP contribution in [-0.2, 0) is 23.9 Å². The van der Waals surface area contributed by atoms with E-state index in [4.69, 9.17) is 0 Å². The van der Waals surface area contributed by atoms with E-state index in [1.54, 1.807) is 30.5 Å². The minimum Gasteiger partial charge on any atom is -0.334 e. The second-order valence-electron chi connectivity index (χ2n) is 5.94. The van der Waals surface area contributed by atoms with Crippen LogP contribution in [0.15, 0.2) is 53.4 Å². The van der Waals surface area contributed by atoms with Crippen LogP contribution in [0.4, 0.5) is 10.5 Å². The summed E-state index contributed by atoms with van der Waals surface area (Å²) >= 11 is 0. The number of urea groups is 1. The highest BCUT2D eigenvalue weighted by molar-refractivity contribution is 7.84. The lowest BCUT2D eigenvalue weighted by atomic mass is 10.1. The Morgan fingerprint density at radius 2 is 1.80 bits per heavy atom. The van der Waals surface area contributed by atoms with Gasteiger partial charge in [-0.05, 0) is 49.0 Å². The summed E-state index contributed by atoms with van der Waals surface area (Å²) in [6.07, 6.45) is 1.63. The van der Waals surface area contributed by atoms with Crippen molar-refractivity contribution in [3.8, 4) is 0 Å². The highest BCUT2D eigenvalue weighted by Gasteiger charge is 2.04. The van der Waals surface area contributed by atoms with Gasteiger partial charge in [-0.3, -0.25) is 4.21 Å². The van der Waals surface area contributed by atoms with Crippen LogP contribution in [0.25, 0.3) is 0 Å². The molecule has 2 rings (SSSR count). The Balaban J connectivity index is 1.87. The molecule has 2 aromatic rings. The second-order valence-corrected chi connectivity index (χ2v) is 7.32. The van der Waals surface area contributed by atoms with Gasteiger partial charge in [0.2, 0.25) is 0 Å². The number of nitrogens with one attached hydrogen (secondary N) is 2. The average Bonchev–Trinajstić information content (AvgIpc) is 2.60. The molecule has 0 radical (unpaired) electrons.